The molecule has 0 saturated heterocycles. The van der Waals surface area contributed by atoms with Crippen LogP contribution in [0.3, 0.4) is 0 Å². The van der Waals surface area contributed by atoms with Gasteiger partial charge in [-0.05, 0) is 11.6 Å². The molecule has 8 nitrogen and oxygen atoms in total. The number of phenols is 1. The first kappa shape index (κ1) is 15.8. The number of ether oxygens (including phenoxy) is 1. The second kappa shape index (κ2) is 6.90. The van der Waals surface area contributed by atoms with Crippen LogP contribution in [-0.2, 0) is 14.4 Å². The number of carbonyl (C=O) groups excluding carboxylic acids is 3. The minimum absolute atomic E-state index is 0.0216. The van der Waals surface area contributed by atoms with Crippen molar-refractivity contribution < 1.29 is 29.4 Å². The first-order valence-corrected chi connectivity index (χ1v) is 6.73. The number of nitrogens with one attached hydrogen (secondary N) is 2. The third kappa shape index (κ3) is 3.95. The molecule has 1 aromatic rings. The van der Waals surface area contributed by atoms with Gasteiger partial charge in [0.05, 0.1) is 6.42 Å². The number of aromatic hydroxyl groups is 1. The number of fused-ring (bicyclic) bond motifs is 1. The molecule has 0 fully saturated rings. The van der Waals surface area contributed by atoms with Gasteiger partial charge in [0.15, 0.2) is 0 Å². The highest BCUT2D eigenvalue weighted by Gasteiger charge is 2.29. The van der Waals surface area contributed by atoms with Crippen LogP contribution in [0.1, 0.15) is 30.7 Å². The molecule has 0 aromatic heterocycles. The molecule has 0 spiro atoms. The molecule has 1 atom stereocenters. The van der Waals surface area contributed by atoms with Crippen LogP contribution in [-0.4, -0.2) is 34.6 Å². The Balaban J connectivity index is 1.97. The van der Waals surface area contributed by atoms with Crippen molar-refractivity contribution in [2.45, 2.75) is 25.2 Å². The lowest BCUT2D eigenvalue weighted by Crippen LogP contribution is -2.31. The van der Waals surface area contributed by atoms with Gasteiger partial charge in [-0.3, -0.25) is 19.6 Å². The highest BCUT2D eigenvalue weighted by molar-refractivity contribution is 5.82. The number of carbonyl (C=O) groups is 3. The quantitative estimate of drug-likeness (QED) is 0.266. The number of amides is 2. The average Bonchev–Trinajstić information content (AvgIpc) is 2.46. The van der Waals surface area contributed by atoms with Gasteiger partial charge in [-0.1, -0.05) is 6.07 Å². The van der Waals surface area contributed by atoms with Crippen molar-refractivity contribution in [3.63, 3.8) is 0 Å². The molecular weight excluding hydrogens is 292 g/mol. The maximum absolute atomic E-state index is 11.9. The van der Waals surface area contributed by atoms with Crippen molar-refractivity contribution in [2.24, 2.45) is 0 Å². The summed E-state index contributed by atoms with van der Waals surface area (Å²) in [6, 6.07) is 4.42. The fraction of sp³-hybridized carbons (Fsp3) is 0.357. The fourth-order valence-corrected chi connectivity index (χ4v) is 2.27. The molecule has 1 heterocycles. The normalized spacial score (nSPS) is 16.4. The van der Waals surface area contributed by atoms with Crippen molar-refractivity contribution in [2.75, 3.05) is 6.54 Å². The van der Waals surface area contributed by atoms with Gasteiger partial charge in [-0.25, -0.2) is 5.48 Å². The molecule has 2 rings (SSSR count). The molecular formula is C14H16N2O6. The molecule has 1 aliphatic heterocycles. The fourth-order valence-electron chi connectivity index (χ4n) is 2.27. The van der Waals surface area contributed by atoms with E-state index >= 15 is 0 Å². The molecule has 1 aromatic carbocycles. The number of rotatable bonds is 5. The van der Waals surface area contributed by atoms with Crippen LogP contribution >= 0.6 is 0 Å². The zero-order chi connectivity index (χ0) is 16.1. The third-order valence-electron chi connectivity index (χ3n) is 3.30. The molecule has 118 valence electrons. The summed E-state index contributed by atoms with van der Waals surface area (Å²) < 4.78 is 5.04. The summed E-state index contributed by atoms with van der Waals surface area (Å²) in [6.07, 6.45) is 0.0926. The van der Waals surface area contributed by atoms with E-state index in [1.165, 1.54) is 17.6 Å². The van der Waals surface area contributed by atoms with E-state index in [4.69, 9.17) is 9.94 Å². The van der Waals surface area contributed by atoms with Crippen LogP contribution in [0.2, 0.25) is 0 Å². The summed E-state index contributed by atoms with van der Waals surface area (Å²) in [5.41, 5.74) is 2.15. The van der Waals surface area contributed by atoms with E-state index in [1.807, 2.05) is 0 Å². The van der Waals surface area contributed by atoms with Crippen LogP contribution in [0.5, 0.6) is 11.5 Å². The van der Waals surface area contributed by atoms with E-state index < -0.39 is 11.9 Å². The first-order chi connectivity index (χ1) is 10.5. The zero-order valence-corrected chi connectivity index (χ0v) is 11.7. The van der Waals surface area contributed by atoms with Gasteiger partial charge >= 0.3 is 5.97 Å². The summed E-state index contributed by atoms with van der Waals surface area (Å²) >= 11 is 0. The summed E-state index contributed by atoms with van der Waals surface area (Å²) in [4.78, 5) is 34.2. The van der Waals surface area contributed by atoms with E-state index in [0.717, 1.165) is 0 Å². The highest BCUT2D eigenvalue weighted by Crippen LogP contribution is 2.38. The smallest absolute Gasteiger partial charge is 0.311 e. The number of benzene rings is 1. The number of esters is 1. The van der Waals surface area contributed by atoms with Gasteiger partial charge in [0.1, 0.15) is 11.5 Å². The van der Waals surface area contributed by atoms with Gasteiger partial charge < -0.3 is 15.2 Å². The molecule has 0 radical (unpaired) electrons. The zero-order valence-electron chi connectivity index (χ0n) is 11.7. The van der Waals surface area contributed by atoms with E-state index in [1.54, 1.807) is 6.07 Å². The van der Waals surface area contributed by atoms with Crippen LogP contribution in [0, 0.1) is 0 Å². The van der Waals surface area contributed by atoms with Gasteiger partial charge in [0, 0.05) is 31.4 Å². The largest absolute Gasteiger partial charge is 0.508 e. The number of hydroxylamine groups is 1. The van der Waals surface area contributed by atoms with Crippen LogP contribution < -0.4 is 15.5 Å². The Morgan fingerprint density at radius 2 is 2.09 bits per heavy atom. The standard InChI is InChI=1S/C14H16N2O6/c17-9-1-2-10-8(6-14(20)22-11(10)7-9)5-13(19)15-4-3-12(18)16-21/h1-2,7-8,17,21H,3-6H2,(H,15,19)(H,16,18). The highest BCUT2D eigenvalue weighted by atomic mass is 16.5. The van der Waals surface area contributed by atoms with Crippen molar-refractivity contribution in [1.29, 1.82) is 0 Å². The lowest BCUT2D eigenvalue weighted by Gasteiger charge is -2.24. The molecule has 0 bridgehead atoms. The number of hydrogen-bond donors (Lipinski definition) is 4. The van der Waals surface area contributed by atoms with Crippen molar-refractivity contribution in [3.8, 4) is 11.5 Å². The summed E-state index contributed by atoms with van der Waals surface area (Å²) in [7, 11) is 0. The maximum atomic E-state index is 11.9. The second-order valence-electron chi connectivity index (χ2n) is 4.94. The monoisotopic (exact) mass is 308 g/mol. The van der Waals surface area contributed by atoms with Crippen LogP contribution in [0.4, 0.5) is 0 Å². The van der Waals surface area contributed by atoms with Gasteiger partial charge in [-0.15, -0.1) is 0 Å². The Kier molecular flexibility index (Phi) is 4.95. The Labute approximate surface area is 126 Å². The van der Waals surface area contributed by atoms with Gasteiger partial charge in [0.25, 0.3) is 0 Å². The Morgan fingerprint density at radius 3 is 2.82 bits per heavy atom. The topological polar surface area (TPSA) is 125 Å². The Hall–Kier alpha value is -2.61. The molecule has 4 N–H and O–H groups in total. The van der Waals surface area contributed by atoms with Crippen LogP contribution in [0.25, 0.3) is 0 Å². The minimum Gasteiger partial charge on any atom is -0.508 e. The first-order valence-electron chi connectivity index (χ1n) is 6.73. The molecule has 0 aliphatic carbocycles. The van der Waals surface area contributed by atoms with E-state index in [0.29, 0.717) is 5.56 Å². The molecule has 2 amide bonds. The van der Waals surface area contributed by atoms with Crippen molar-refractivity contribution in [1.82, 2.24) is 10.8 Å². The van der Waals surface area contributed by atoms with Gasteiger partial charge in [-0.2, -0.15) is 0 Å². The summed E-state index contributed by atoms with van der Waals surface area (Å²) in [5.74, 6) is -1.48. The predicted octanol–water partition coefficient (Wildman–Crippen LogP) is 0.187. The van der Waals surface area contributed by atoms with E-state index in [9.17, 15) is 19.5 Å². The molecule has 1 aliphatic rings. The number of hydrogen-bond acceptors (Lipinski definition) is 6. The predicted molar refractivity (Wildman–Crippen MR) is 73.3 cm³/mol. The number of phenolic OH excluding ortho intramolecular Hbond substituents is 1. The van der Waals surface area contributed by atoms with E-state index in [2.05, 4.69) is 5.32 Å². The Bertz CT molecular complexity index is 601. The Morgan fingerprint density at radius 1 is 1.32 bits per heavy atom. The SMILES string of the molecule is O=C(CCNC(=O)CC1CC(=O)Oc2cc(O)ccc21)NO. The molecule has 1 unspecified atom stereocenters. The second-order valence-corrected chi connectivity index (χ2v) is 4.94. The third-order valence-corrected chi connectivity index (χ3v) is 3.30. The lowest BCUT2D eigenvalue weighted by atomic mass is 9.89. The molecule has 0 saturated carbocycles. The minimum atomic E-state index is -0.595. The molecule has 8 heteroatoms. The average molecular weight is 308 g/mol. The van der Waals surface area contributed by atoms with Gasteiger partial charge in [0.2, 0.25) is 11.8 Å². The molecule has 22 heavy (non-hydrogen) atoms. The lowest BCUT2D eigenvalue weighted by molar-refractivity contribution is -0.136. The van der Waals surface area contributed by atoms with Crippen LogP contribution in [0.15, 0.2) is 18.2 Å². The van der Waals surface area contributed by atoms with Crippen molar-refractivity contribution >= 4 is 17.8 Å². The summed E-state index contributed by atoms with van der Waals surface area (Å²) in [6.45, 7) is 0.0881. The van der Waals surface area contributed by atoms with E-state index in [-0.39, 0.29) is 49.1 Å². The van der Waals surface area contributed by atoms with Crippen molar-refractivity contribution in [3.05, 3.63) is 23.8 Å². The summed E-state index contributed by atoms with van der Waals surface area (Å²) in [5, 5.41) is 20.3. The maximum Gasteiger partial charge on any atom is 0.311 e.